The SMILES string of the molecule is CSc1cccc(NC(=O)COC(=O)c2ccc(Br)cc2)c1. The van der Waals surface area contributed by atoms with Crippen LogP contribution in [0.5, 0.6) is 0 Å². The summed E-state index contributed by atoms with van der Waals surface area (Å²) in [6.07, 6.45) is 1.96. The highest BCUT2D eigenvalue weighted by Gasteiger charge is 2.10. The molecule has 2 aromatic rings. The molecule has 0 heterocycles. The molecule has 114 valence electrons. The fourth-order valence-corrected chi connectivity index (χ4v) is 2.42. The Kier molecular flexibility index (Phi) is 6.03. The number of carbonyl (C=O) groups excluding carboxylic acids is 2. The maximum atomic E-state index is 11.8. The van der Waals surface area contributed by atoms with Crippen molar-refractivity contribution in [1.29, 1.82) is 0 Å². The smallest absolute Gasteiger partial charge is 0.338 e. The third kappa shape index (κ3) is 4.89. The first-order valence-electron chi connectivity index (χ1n) is 6.45. The first-order valence-corrected chi connectivity index (χ1v) is 8.47. The number of nitrogens with one attached hydrogen (secondary N) is 1. The van der Waals surface area contributed by atoms with E-state index in [4.69, 9.17) is 4.74 Å². The predicted molar refractivity (Wildman–Crippen MR) is 91.3 cm³/mol. The van der Waals surface area contributed by atoms with E-state index in [1.54, 1.807) is 42.1 Å². The van der Waals surface area contributed by atoms with Crippen molar-refractivity contribution >= 4 is 45.3 Å². The number of benzene rings is 2. The van der Waals surface area contributed by atoms with Gasteiger partial charge in [0.05, 0.1) is 5.56 Å². The summed E-state index contributed by atoms with van der Waals surface area (Å²) >= 11 is 4.87. The average Bonchev–Trinajstić information content (AvgIpc) is 2.53. The molecule has 0 unspecified atom stereocenters. The van der Waals surface area contributed by atoms with E-state index in [1.807, 2.05) is 24.5 Å². The normalized spacial score (nSPS) is 10.1. The number of halogens is 1. The predicted octanol–water partition coefficient (Wildman–Crippen LogP) is 3.97. The summed E-state index contributed by atoms with van der Waals surface area (Å²) in [7, 11) is 0. The molecule has 0 aliphatic rings. The van der Waals surface area contributed by atoms with Crippen LogP contribution in [0.15, 0.2) is 57.9 Å². The van der Waals surface area contributed by atoms with Crippen LogP contribution in [-0.4, -0.2) is 24.7 Å². The van der Waals surface area contributed by atoms with Crippen molar-refractivity contribution in [3.8, 4) is 0 Å². The van der Waals surface area contributed by atoms with Gasteiger partial charge in [0.15, 0.2) is 6.61 Å². The van der Waals surface area contributed by atoms with Gasteiger partial charge >= 0.3 is 5.97 Å². The Bertz CT molecular complexity index is 673. The highest BCUT2D eigenvalue weighted by molar-refractivity contribution is 9.10. The number of rotatable bonds is 5. The van der Waals surface area contributed by atoms with E-state index in [9.17, 15) is 9.59 Å². The molecule has 0 aromatic heterocycles. The van der Waals surface area contributed by atoms with Crippen molar-refractivity contribution in [3.05, 3.63) is 58.6 Å². The van der Waals surface area contributed by atoms with Crippen LogP contribution in [0.3, 0.4) is 0 Å². The van der Waals surface area contributed by atoms with Crippen LogP contribution in [0.25, 0.3) is 0 Å². The molecule has 1 amide bonds. The van der Waals surface area contributed by atoms with Gasteiger partial charge in [-0.05, 0) is 48.7 Å². The van der Waals surface area contributed by atoms with Crippen LogP contribution >= 0.6 is 27.7 Å². The van der Waals surface area contributed by atoms with Crippen molar-refractivity contribution in [2.75, 3.05) is 18.2 Å². The van der Waals surface area contributed by atoms with Crippen molar-refractivity contribution in [2.45, 2.75) is 4.90 Å². The number of amides is 1. The lowest BCUT2D eigenvalue weighted by atomic mass is 10.2. The molecular weight excluding hydrogens is 366 g/mol. The molecule has 0 aliphatic heterocycles. The molecular formula is C16H14BrNO3S. The minimum Gasteiger partial charge on any atom is -0.452 e. The van der Waals surface area contributed by atoms with Crippen LogP contribution in [0.2, 0.25) is 0 Å². The second-order valence-electron chi connectivity index (χ2n) is 4.36. The van der Waals surface area contributed by atoms with E-state index in [0.717, 1.165) is 9.37 Å². The maximum Gasteiger partial charge on any atom is 0.338 e. The standard InChI is InChI=1S/C16H14BrNO3S/c1-22-14-4-2-3-13(9-14)18-15(19)10-21-16(20)11-5-7-12(17)8-6-11/h2-9H,10H2,1H3,(H,18,19). The average molecular weight is 380 g/mol. The van der Waals surface area contributed by atoms with Gasteiger partial charge in [-0.2, -0.15) is 0 Å². The van der Waals surface area contributed by atoms with Crippen molar-refractivity contribution < 1.29 is 14.3 Å². The molecule has 0 spiro atoms. The van der Waals surface area contributed by atoms with Crippen molar-refractivity contribution in [2.24, 2.45) is 0 Å². The van der Waals surface area contributed by atoms with E-state index >= 15 is 0 Å². The van der Waals surface area contributed by atoms with Gasteiger partial charge < -0.3 is 10.1 Å². The lowest BCUT2D eigenvalue weighted by molar-refractivity contribution is -0.119. The minimum absolute atomic E-state index is 0.321. The highest BCUT2D eigenvalue weighted by atomic mass is 79.9. The van der Waals surface area contributed by atoms with Gasteiger partial charge in [-0.15, -0.1) is 11.8 Å². The molecule has 0 atom stereocenters. The molecule has 2 rings (SSSR count). The Balaban J connectivity index is 1.87. The second kappa shape index (κ2) is 8.00. The number of hydrogen-bond acceptors (Lipinski definition) is 4. The van der Waals surface area contributed by atoms with E-state index < -0.39 is 5.97 Å². The lowest BCUT2D eigenvalue weighted by Crippen LogP contribution is -2.20. The Labute approximate surface area is 141 Å². The van der Waals surface area contributed by atoms with E-state index in [-0.39, 0.29) is 12.5 Å². The number of hydrogen-bond donors (Lipinski definition) is 1. The zero-order valence-electron chi connectivity index (χ0n) is 11.8. The summed E-state index contributed by atoms with van der Waals surface area (Å²) < 4.78 is 5.86. The Hall–Kier alpha value is -1.79. The van der Waals surface area contributed by atoms with E-state index in [2.05, 4.69) is 21.2 Å². The van der Waals surface area contributed by atoms with Gasteiger partial charge in [0.1, 0.15) is 0 Å². The van der Waals surface area contributed by atoms with Gasteiger partial charge in [-0.3, -0.25) is 4.79 Å². The molecule has 0 bridgehead atoms. The van der Waals surface area contributed by atoms with Gasteiger partial charge in [-0.25, -0.2) is 4.79 Å². The van der Waals surface area contributed by atoms with Gasteiger partial charge in [-0.1, -0.05) is 22.0 Å². The molecule has 6 heteroatoms. The molecule has 0 fully saturated rings. The summed E-state index contributed by atoms with van der Waals surface area (Å²) in [6.45, 7) is -0.321. The van der Waals surface area contributed by atoms with Crippen LogP contribution in [0, 0.1) is 0 Å². The Morgan fingerprint density at radius 3 is 2.59 bits per heavy atom. The van der Waals surface area contributed by atoms with Gasteiger partial charge in [0.25, 0.3) is 5.91 Å². The summed E-state index contributed by atoms with van der Waals surface area (Å²) in [5.74, 6) is -0.899. The molecule has 2 aromatic carbocycles. The third-order valence-electron chi connectivity index (χ3n) is 2.77. The monoisotopic (exact) mass is 379 g/mol. The van der Waals surface area contributed by atoms with Gasteiger partial charge in [0, 0.05) is 15.1 Å². The number of esters is 1. The minimum atomic E-state index is -0.527. The van der Waals surface area contributed by atoms with Gasteiger partial charge in [0.2, 0.25) is 0 Å². The molecule has 4 nitrogen and oxygen atoms in total. The molecule has 0 saturated heterocycles. The fourth-order valence-electron chi connectivity index (χ4n) is 1.70. The molecule has 22 heavy (non-hydrogen) atoms. The number of anilines is 1. The topological polar surface area (TPSA) is 55.4 Å². The van der Waals surface area contributed by atoms with Crippen LogP contribution < -0.4 is 5.32 Å². The molecule has 0 aliphatic carbocycles. The largest absolute Gasteiger partial charge is 0.452 e. The zero-order valence-corrected chi connectivity index (χ0v) is 14.2. The van der Waals surface area contributed by atoms with Crippen LogP contribution in [-0.2, 0) is 9.53 Å². The third-order valence-corrected chi connectivity index (χ3v) is 4.02. The maximum absolute atomic E-state index is 11.8. The van der Waals surface area contributed by atoms with E-state index in [1.165, 1.54) is 0 Å². The van der Waals surface area contributed by atoms with E-state index in [0.29, 0.717) is 11.3 Å². The zero-order chi connectivity index (χ0) is 15.9. The Morgan fingerprint density at radius 2 is 1.91 bits per heavy atom. The summed E-state index contributed by atoms with van der Waals surface area (Å²) in [4.78, 5) is 24.6. The Morgan fingerprint density at radius 1 is 1.18 bits per heavy atom. The second-order valence-corrected chi connectivity index (χ2v) is 6.16. The molecule has 0 saturated carbocycles. The summed E-state index contributed by atoms with van der Waals surface area (Å²) in [5, 5.41) is 2.70. The molecule has 0 radical (unpaired) electrons. The fraction of sp³-hybridized carbons (Fsp3) is 0.125. The van der Waals surface area contributed by atoms with Crippen molar-refractivity contribution in [3.63, 3.8) is 0 Å². The number of thioether (sulfide) groups is 1. The van der Waals surface area contributed by atoms with Crippen molar-refractivity contribution in [1.82, 2.24) is 0 Å². The lowest BCUT2D eigenvalue weighted by Gasteiger charge is -2.07. The number of ether oxygens (including phenoxy) is 1. The highest BCUT2D eigenvalue weighted by Crippen LogP contribution is 2.18. The molecule has 1 N–H and O–H groups in total. The first-order chi connectivity index (χ1) is 10.6. The number of carbonyl (C=O) groups is 2. The first kappa shape index (κ1) is 16.6. The summed E-state index contributed by atoms with van der Waals surface area (Å²) in [5.41, 5.74) is 1.08. The quantitative estimate of drug-likeness (QED) is 0.630. The summed E-state index contributed by atoms with van der Waals surface area (Å²) in [6, 6.07) is 14.2. The van der Waals surface area contributed by atoms with Crippen LogP contribution in [0.4, 0.5) is 5.69 Å². The van der Waals surface area contributed by atoms with Crippen LogP contribution in [0.1, 0.15) is 10.4 Å².